The van der Waals surface area contributed by atoms with Gasteiger partial charge in [0.2, 0.25) is 0 Å². The molecule has 0 amide bonds. The molecule has 24 heavy (non-hydrogen) atoms. The lowest BCUT2D eigenvalue weighted by Gasteiger charge is -2.04. The highest BCUT2D eigenvalue weighted by atomic mass is 35.5. The minimum atomic E-state index is -0.582. The van der Waals surface area contributed by atoms with E-state index < -0.39 is 10.9 Å². The number of methoxy groups -OCH3 is 1. The van der Waals surface area contributed by atoms with Crippen molar-refractivity contribution >= 4 is 29.3 Å². The third-order valence-electron chi connectivity index (χ3n) is 3.12. The van der Waals surface area contributed by atoms with Gasteiger partial charge in [0, 0.05) is 12.1 Å². The summed E-state index contributed by atoms with van der Waals surface area (Å²) in [6.45, 7) is 0.119. The van der Waals surface area contributed by atoms with Crippen LogP contribution in [0.5, 0.6) is 5.75 Å². The molecule has 0 aliphatic rings. The molecule has 0 heterocycles. The maximum absolute atomic E-state index is 11.7. The number of esters is 1. The molecule has 0 bridgehead atoms. The molecule has 2 aromatic rings. The number of ether oxygens (including phenoxy) is 2. The molecule has 7 heteroatoms. The van der Waals surface area contributed by atoms with E-state index >= 15 is 0 Å². The van der Waals surface area contributed by atoms with E-state index in [-0.39, 0.29) is 17.3 Å². The van der Waals surface area contributed by atoms with E-state index in [0.717, 1.165) is 5.56 Å². The Bertz CT molecular complexity index is 771. The maximum Gasteiger partial charge on any atom is 0.331 e. The number of nitro groups is 1. The van der Waals surface area contributed by atoms with E-state index in [4.69, 9.17) is 21.1 Å². The Kier molecular flexibility index (Phi) is 5.92. The van der Waals surface area contributed by atoms with Gasteiger partial charge in [-0.15, -0.1) is 0 Å². The highest BCUT2D eigenvalue weighted by Crippen LogP contribution is 2.25. The fourth-order valence-corrected chi connectivity index (χ4v) is 2.05. The summed E-state index contributed by atoms with van der Waals surface area (Å²) in [5.74, 6) is 0.165. The molecular weight excluding hydrogens is 334 g/mol. The zero-order valence-corrected chi connectivity index (χ0v) is 13.5. The Labute approximate surface area is 143 Å². The Hall–Kier alpha value is -2.86. The summed E-state index contributed by atoms with van der Waals surface area (Å²) in [5, 5.41) is 10.9. The second-order valence-electron chi connectivity index (χ2n) is 4.76. The summed E-state index contributed by atoms with van der Waals surface area (Å²) < 4.78 is 10.1. The fourth-order valence-electron chi connectivity index (χ4n) is 1.86. The van der Waals surface area contributed by atoms with Gasteiger partial charge >= 0.3 is 5.97 Å². The number of hydrogen-bond donors (Lipinski definition) is 0. The zero-order chi connectivity index (χ0) is 17.5. The van der Waals surface area contributed by atoms with Crippen molar-refractivity contribution in [2.45, 2.75) is 6.61 Å². The van der Waals surface area contributed by atoms with Gasteiger partial charge in [0.15, 0.2) is 0 Å². The van der Waals surface area contributed by atoms with Crippen LogP contribution in [0.3, 0.4) is 0 Å². The maximum atomic E-state index is 11.7. The van der Waals surface area contributed by atoms with Crippen LogP contribution in [0.25, 0.3) is 6.08 Å². The zero-order valence-electron chi connectivity index (χ0n) is 12.8. The highest BCUT2D eigenvalue weighted by Gasteiger charge is 2.11. The SMILES string of the molecule is COc1ccc(COC(=O)/C=C/c2ccc(Cl)c([N+](=O)[O-])c2)cc1. The van der Waals surface area contributed by atoms with E-state index in [1.807, 2.05) is 0 Å². The first kappa shape index (κ1) is 17.5. The van der Waals surface area contributed by atoms with Crippen molar-refractivity contribution in [3.05, 3.63) is 74.8 Å². The normalized spacial score (nSPS) is 10.6. The number of nitrogens with zero attached hydrogens (tertiary/aromatic N) is 1. The molecule has 0 radical (unpaired) electrons. The fraction of sp³-hybridized carbons (Fsp3) is 0.118. The Balaban J connectivity index is 1.95. The predicted molar refractivity (Wildman–Crippen MR) is 89.9 cm³/mol. The van der Waals surface area contributed by atoms with Crippen LogP contribution in [-0.2, 0) is 16.1 Å². The third kappa shape index (κ3) is 4.82. The van der Waals surface area contributed by atoms with Crippen LogP contribution in [0.2, 0.25) is 5.02 Å². The minimum Gasteiger partial charge on any atom is -0.497 e. The number of benzene rings is 2. The molecule has 2 rings (SSSR count). The molecule has 6 nitrogen and oxygen atoms in total. The number of rotatable bonds is 6. The Morgan fingerprint density at radius 2 is 1.96 bits per heavy atom. The van der Waals surface area contributed by atoms with Gasteiger partial charge in [-0.05, 0) is 35.4 Å². The summed E-state index contributed by atoms with van der Waals surface area (Å²) in [6, 6.07) is 11.4. The number of nitro benzene ring substituents is 1. The lowest BCUT2D eigenvalue weighted by atomic mass is 10.2. The number of carbonyl (C=O) groups excluding carboxylic acids is 1. The van der Waals surface area contributed by atoms with Crippen LogP contribution in [0, 0.1) is 10.1 Å². The highest BCUT2D eigenvalue weighted by molar-refractivity contribution is 6.32. The van der Waals surface area contributed by atoms with Crippen LogP contribution in [0.4, 0.5) is 5.69 Å². The molecular formula is C17H14ClNO5. The van der Waals surface area contributed by atoms with Gasteiger partial charge in [-0.2, -0.15) is 0 Å². The van der Waals surface area contributed by atoms with Crippen LogP contribution in [-0.4, -0.2) is 18.0 Å². The number of halogens is 1. The molecule has 0 saturated heterocycles. The van der Waals surface area contributed by atoms with Gasteiger partial charge < -0.3 is 9.47 Å². The molecule has 0 N–H and O–H groups in total. The molecule has 0 spiro atoms. The van der Waals surface area contributed by atoms with Crippen LogP contribution < -0.4 is 4.74 Å². The second kappa shape index (κ2) is 8.12. The van der Waals surface area contributed by atoms with Gasteiger partial charge in [-0.1, -0.05) is 29.8 Å². The second-order valence-corrected chi connectivity index (χ2v) is 5.16. The first-order valence-corrected chi connectivity index (χ1v) is 7.29. The number of carbonyl (C=O) groups is 1. The largest absolute Gasteiger partial charge is 0.497 e. The van der Waals surface area contributed by atoms with Gasteiger partial charge in [-0.3, -0.25) is 10.1 Å². The first-order chi connectivity index (χ1) is 11.5. The van der Waals surface area contributed by atoms with E-state index in [1.165, 1.54) is 24.3 Å². The number of hydrogen-bond acceptors (Lipinski definition) is 5. The lowest BCUT2D eigenvalue weighted by molar-refractivity contribution is -0.384. The van der Waals surface area contributed by atoms with Gasteiger partial charge in [0.05, 0.1) is 12.0 Å². The van der Waals surface area contributed by atoms with E-state index in [2.05, 4.69) is 0 Å². The monoisotopic (exact) mass is 347 g/mol. The minimum absolute atomic E-state index is 0.0410. The molecule has 0 aliphatic heterocycles. The Morgan fingerprint density at radius 3 is 2.58 bits per heavy atom. The van der Waals surface area contributed by atoms with Gasteiger partial charge in [0.1, 0.15) is 17.4 Å². The van der Waals surface area contributed by atoms with Crippen molar-refractivity contribution in [3.8, 4) is 5.75 Å². The first-order valence-electron chi connectivity index (χ1n) is 6.91. The van der Waals surface area contributed by atoms with Crippen molar-refractivity contribution < 1.29 is 19.2 Å². The van der Waals surface area contributed by atoms with Crippen molar-refractivity contribution in [2.24, 2.45) is 0 Å². The molecule has 0 unspecified atom stereocenters. The summed E-state index contributed by atoms with van der Waals surface area (Å²) in [7, 11) is 1.57. The third-order valence-corrected chi connectivity index (χ3v) is 3.44. The van der Waals surface area contributed by atoms with Crippen molar-refractivity contribution in [1.82, 2.24) is 0 Å². The van der Waals surface area contributed by atoms with Crippen molar-refractivity contribution in [1.29, 1.82) is 0 Å². The standard InChI is InChI=1S/C17H14ClNO5/c1-23-14-6-2-13(3-7-14)11-24-17(20)9-5-12-4-8-15(18)16(10-12)19(21)22/h2-10H,11H2,1H3/b9-5+. The van der Waals surface area contributed by atoms with Gasteiger partial charge in [0.25, 0.3) is 5.69 Å². The molecule has 0 aromatic heterocycles. The van der Waals surface area contributed by atoms with Crippen LogP contribution >= 0.6 is 11.6 Å². The molecule has 0 saturated carbocycles. The topological polar surface area (TPSA) is 78.7 Å². The molecule has 124 valence electrons. The van der Waals surface area contributed by atoms with Crippen molar-refractivity contribution in [2.75, 3.05) is 7.11 Å². The van der Waals surface area contributed by atoms with Crippen LogP contribution in [0.1, 0.15) is 11.1 Å². The smallest absolute Gasteiger partial charge is 0.331 e. The molecule has 0 fully saturated rings. The van der Waals surface area contributed by atoms with Crippen molar-refractivity contribution in [3.63, 3.8) is 0 Å². The molecule has 0 aliphatic carbocycles. The summed E-state index contributed by atoms with van der Waals surface area (Å²) in [6.07, 6.45) is 2.64. The Morgan fingerprint density at radius 1 is 1.25 bits per heavy atom. The van der Waals surface area contributed by atoms with E-state index in [9.17, 15) is 14.9 Å². The quantitative estimate of drug-likeness (QED) is 0.341. The predicted octanol–water partition coefficient (Wildman–Crippen LogP) is 4.01. The van der Waals surface area contributed by atoms with Crippen LogP contribution in [0.15, 0.2) is 48.5 Å². The summed E-state index contributed by atoms with van der Waals surface area (Å²) in [4.78, 5) is 21.9. The summed E-state index contributed by atoms with van der Waals surface area (Å²) >= 11 is 5.73. The average Bonchev–Trinajstić information content (AvgIpc) is 2.59. The van der Waals surface area contributed by atoms with E-state index in [1.54, 1.807) is 37.4 Å². The summed E-state index contributed by atoms with van der Waals surface area (Å²) in [5.41, 5.74) is 1.08. The molecule has 0 atom stereocenters. The molecule has 2 aromatic carbocycles. The van der Waals surface area contributed by atoms with E-state index in [0.29, 0.717) is 11.3 Å². The average molecular weight is 348 g/mol. The van der Waals surface area contributed by atoms with Gasteiger partial charge in [-0.25, -0.2) is 4.79 Å². The lowest BCUT2D eigenvalue weighted by Crippen LogP contribution is -2.00.